The van der Waals surface area contributed by atoms with Crippen LogP contribution >= 0.6 is 11.6 Å². The van der Waals surface area contributed by atoms with Crippen molar-refractivity contribution in [3.63, 3.8) is 0 Å². The van der Waals surface area contributed by atoms with E-state index in [1.807, 2.05) is 6.07 Å². The SMILES string of the molecule is Cc1c(N2[C@@H](C)[C@@H]3[C@@H](O)CCN3S2(=O)=O)ccc(C#N)c1Cl. The molecule has 3 rings (SSSR count). The molecule has 8 heteroatoms. The van der Waals surface area contributed by atoms with E-state index in [0.29, 0.717) is 29.8 Å². The molecule has 1 N–H and O–H groups in total. The molecule has 0 aromatic heterocycles. The summed E-state index contributed by atoms with van der Waals surface area (Å²) in [5.41, 5.74) is 1.32. The lowest BCUT2D eigenvalue weighted by atomic mass is 10.0. The van der Waals surface area contributed by atoms with Crippen molar-refractivity contribution in [2.24, 2.45) is 0 Å². The summed E-state index contributed by atoms with van der Waals surface area (Å²) in [5.74, 6) is 0. The first-order valence-electron chi connectivity index (χ1n) is 6.99. The Balaban J connectivity index is 2.14. The van der Waals surface area contributed by atoms with Crippen molar-refractivity contribution in [2.45, 2.75) is 38.5 Å². The number of hydrogen-bond donors (Lipinski definition) is 1. The van der Waals surface area contributed by atoms with Crippen molar-refractivity contribution in [3.05, 3.63) is 28.3 Å². The normalized spacial score (nSPS) is 30.3. The summed E-state index contributed by atoms with van der Waals surface area (Å²) in [6.45, 7) is 3.79. The molecule has 6 nitrogen and oxygen atoms in total. The van der Waals surface area contributed by atoms with E-state index in [0.717, 1.165) is 0 Å². The van der Waals surface area contributed by atoms with Gasteiger partial charge in [0, 0.05) is 6.54 Å². The number of nitriles is 1. The predicted octanol–water partition coefficient (Wildman–Crippen LogP) is 1.41. The van der Waals surface area contributed by atoms with E-state index < -0.39 is 28.4 Å². The van der Waals surface area contributed by atoms with Crippen molar-refractivity contribution in [2.75, 3.05) is 10.8 Å². The number of rotatable bonds is 1. The largest absolute Gasteiger partial charge is 0.391 e. The van der Waals surface area contributed by atoms with Crippen molar-refractivity contribution in [1.29, 1.82) is 5.26 Å². The smallest absolute Gasteiger partial charge is 0.304 e. The van der Waals surface area contributed by atoms with E-state index in [9.17, 15) is 13.5 Å². The monoisotopic (exact) mass is 341 g/mol. The zero-order valence-corrected chi connectivity index (χ0v) is 13.8. The number of aliphatic hydroxyl groups excluding tert-OH is 1. The maximum absolute atomic E-state index is 12.8. The Morgan fingerprint density at radius 3 is 2.73 bits per heavy atom. The van der Waals surface area contributed by atoms with Crippen LogP contribution in [0.25, 0.3) is 0 Å². The number of fused-ring (bicyclic) bond motifs is 1. The fraction of sp³-hybridized carbons (Fsp3) is 0.500. The summed E-state index contributed by atoms with van der Waals surface area (Å²) >= 11 is 6.16. The van der Waals surface area contributed by atoms with E-state index in [4.69, 9.17) is 16.9 Å². The molecule has 22 heavy (non-hydrogen) atoms. The van der Waals surface area contributed by atoms with Crippen LogP contribution in [0.2, 0.25) is 5.02 Å². The maximum Gasteiger partial charge on any atom is 0.304 e. The molecule has 0 saturated carbocycles. The molecule has 0 spiro atoms. The Bertz CT molecular complexity index is 774. The van der Waals surface area contributed by atoms with Gasteiger partial charge in [0.05, 0.1) is 34.5 Å². The summed E-state index contributed by atoms with van der Waals surface area (Å²) in [6, 6.07) is 4.26. The van der Waals surface area contributed by atoms with Crippen LogP contribution < -0.4 is 4.31 Å². The van der Waals surface area contributed by atoms with E-state index in [2.05, 4.69) is 0 Å². The average molecular weight is 342 g/mol. The number of halogens is 1. The highest BCUT2D eigenvalue weighted by Gasteiger charge is 2.55. The zero-order valence-electron chi connectivity index (χ0n) is 12.2. The van der Waals surface area contributed by atoms with Gasteiger partial charge in [-0.15, -0.1) is 0 Å². The van der Waals surface area contributed by atoms with Crippen LogP contribution in [0.3, 0.4) is 0 Å². The molecule has 0 amide bonds. The van der Waals surface area contributed by atoms with Crippen LogP contribution in [0.4, 0.5) is 5.69 Å². The number of anilines is 1. The Morgan fingerprint density at radius 1 is 1.45 bits per heavy atom. The van der Waals surface area contributed by atoms with Gasteiger partial charge in [0.15, 0.2) is 0 Å². The third-order valence-corrected chi connectivity index (χ3v) is 7.03. The van der Waals surface area contributed by atoms with Crippen molar-refractivity contribution < 1.29 is 13.5 Å². The van der Waals surface area contributed by atoms with E-state index in [-0.39, 0.29) is 5.02 Å². The highest BCUT2D eigenvalue weighted by Crippen LogP contribution is 2.41. The second-order valence-electron chi connectivity index (χ2n) is 5.68. The molecular formula is C14H16ClN3O3S. The Labute approximate surface area is 134 Å². The quantitative estimate of drug-likeness (QED) is 0.837. The predicted molar refractivity (Wildman–Crippen MR) is 82.9 cm³/mol. The molecule has 2 aliphatic rings. The molecule has 0 radical (unpaired) electrons. The molecule has 2 aliphatic heterocycles. The molecule has 0 unspecified atom stereocenters. The minimum absolute atomic E-state index is 0.259. The Hall–Kier alpha value is -1.33. The first-order chi connectivity index (χ1) is 10.3. The highest BCUT2D eigenvalue weighted by atomic mass is 35.5. The molecule has 118 valence electrons. The maximum atomic E-state index is 12.8. The van der Waals surface area contributed by atoms with Gasteiger partial charge >= 0.3 is 10.2 Å². The Kier molecular flexibility index (Phi) is 3.61. The summed E-state index contributed by atoms with van der Waals surface area (Å²) < 4.78 is 28.2. The average Bonchev–Trinajstić information content (AvgIpc) is 2.94. The van der Waals surface area contributed by atoms with Gasteiger partial charge in [-0.25, -0.2) is 0 Å². The first kappa shape index (κ1) is 15.6. The lowest BCUT2D eigenvalue weighted by Gasteiger charge is -2.26. The second-order valence-corrected chi connectivity index (χ2v) is 7.82. The number of nitrogens with zero attached hydrogens (tertiary/aromatic N) is 3. The summed E-state index contributed by atoms with van der Waals surface area (Å²) in [6.07, 6.45) is -0.209. The van der Waals surface area contributed by atoms with Crippen LogP contribution in [-0.2, 0) is 10.2 Å². The van der Waals surface area contributed by atoms with Gasteiger partial charge in [-0.05, 0) is 38.0 Å². The second kappa shape index (κ2) is 5.10. The van der Waals surface area contributed by atoms with Crippen LogP contribution in [-0.4, -0.2) is 42.6 Å². The fourth-order valence-electron chi connectivity index (χ4n) is 3.41. The van der Waals surface area contributed by atoms with Gasteiger partial charge in [-0.2, -0.15) is 18.0 Å². The molecule has 2 saturated heterocycles. The zero-order chi connectivity index (χ0) is 16.2. The van der Waals surface area contributed by atoms with Gasteiger partial charge in [0.25, 0.3) is 0 Å². The van der Waals surface area contributed by atoms with Gasteiger partial charge < -0.3 is 5.11 Å². The van der Waals surface area contributed by atoms with Crippen LogP contribution in [0.5, 0.6) is 0 Å². The molecule has 0 aliphatic carbocycles. The molecule has 1 aromatic carbocycles. The number of hydrogen-bond acceptors (Lipinski definition) is 4. The molecule has 3 atom stereocenters. The van der Waals surface area contributed by atoms with E-state index in [1.54, 1.807) is 19.9 Å². The van der Waals surface area contributed by atoms with Gasteiger partial charge in [0.2, 0.25) is 0 Å². The minimum atomic E-state index is -3.69. The Morgan fingerprint density at radius 2 is 2.14 bits per heavy atom. The fourth-order valence-corrected chi connectivity index (χ4v) is 5.79. The van der Waals surface area contributed by atoms with Gasteiger partial charge in [-0.3, -0.25) is 4.31 Å². The number of benzene rings is 1. The molecular weight excluding hydrogens is 326 g/mol. The minimum Gasteiger partial charge on any atom is -0.391 e. The molecule has 1 aromatic rings. The van der Waals surface area contributed by atoms with Crippen molar-refractivity contribution in [1.82, 2.24) is 4.31 Å². The first-order valence-corrected chi connectivity index (χ1v) is 8.76. The van der Waals surface area contributed by atoms with Crippen molar-refractivity contribution in [3.8, 4) is 6.07 Å². The van der Waals surface area contributed by atoms with E-state index in [1.165, 1.54) is 14.7 Å². The standard InChI is InChI=1S/C14H16ClN3O3S/c1-8-11(4-3-10(7-16)13(8)15)18-9(2)14-12(19)5-6-17(14)22(18,20)21/h3-4,9,12,14,19H,5-6H2,1-2H3/t9-,12-,14+/m0/s1. The van der Waals surface area contributed by atoms with Crippen LogP contribution in [0.1, 0.15) is 24.5 Å². The summed E-state index contributed by atoms with van der Waals surface area (Å²) in [7, 11) is -3.69. The van der Waals surface area contributed by atoms with Crippen LogP contribution in [0.15, 0.2) is 12.1 Å². The third-order valence-electron chi connectivity index (χ3n) is 4.50. The van der Waals surface area contributed by atoms with Crippen LogP contribution in [0, 0.1) is 18.3 Å². The topological polar surface area (TPSA) is 84.6 Å². The molecule has 2 fully saturated rings. The lowest BCUT2D eigenvalue weighted by Crippen LogP contribution is -2.39. The van der Waals surface area contributed by atoms with Crippen molar-refractivity contribution >= 4 is 27.5 Å². The summed E-state index contributed by atoms with van der Waals surface area (Å²) in [4.78, 5) is 0. The van der Waals surface area contributed by atoms with Gasteiger partial charge in [0.1, 0.15) is 6.07 Å². The third kappa shape index (κ3) is 1.95. The molecule has 0 bridgehead atoms. The van der Waals surface area contributed by atoms with E-state index >= 15 is 0 Å². The lowest BCUT2D eigenvalue weighted by molar-refractivity contribution is 0.139. The number of aliphatic hydroxyl groups is 1. The summed E-state index contributed by atoms with van der Waals surface area (Å²) in [5, 5.41) is 19.3. The highest BCUT2D eigenvalue weighted by molar-refractivity contribution is 7.90. The van der Waals surface area contributed by atoms with Gasteiger partial charge in [-0.1, -0.05) is 11.6 Å². The molecule has 2 heterocycles.